The van der Waals surface area contributed by atoms with E-state index in [2.05, 4.69) is 20.5 Å². The van der Waals surface area contributed by atoms with Crippen LogP contribution >= 0.6 is 0 Å². The van der Waals surface area contributed by atoms with E-state index in [-0.39, 0.29) is 16.3 Å². The van der Waals surface area contributed by atoms with Crippen LogP contribution in [0.3, 0.4) is 0 Å². The number of phenols is 1. The maximum absolute atomic E-state index is 11.3. The summed E-state index contributed by atoms with van der Waals surface area (Å²) in [6, 6.07) is 14.7. The van der Waals surface area contributed by atoms with Gasteiger partial charge in [0.2, 0.25) is 0 Å². The summed E-state index contributed by atoms with van der Waals surface area (Å²) in [6.45, 7) is 0. The maximum atomic E-state index is 11.3. The fourth-order valence-corrected chi connectivity index (χ4v) is 2.99. The molecule has 0 aliphatic carbocycles. The van der Waals surface area contributed by atoms with Crippen molar-refractivity contribution >= 4 is 32.9 Å². The van der Waals surface area contributed by atoms with E-state index in [0.29, 0.717) is 28.6 Å². The minimum atomic E-state index is -4.35. The topological polar surface area (TPSA) is 142 Å². The molecule has 0 fully saturated rings. The van der Waals surface area contributed by atoms with Crippen LogP contribution in [0.4, 0.5) is 22.7 Å². The van der Waals surface area contributed by atoms with Crippen molar-refractivity contribution in [3.63, 3.8) is 0 Å². The maximum Gasteiger partial charge on any atom is 0.294 e. The molecule has 31 heavy (non-hydrogen) atoms. The number of azo groups is 2. The standard InChI is InChI=1S/C20H18N4O6S/c1-29-19-12-18(24-22-14-4-3-5-16(10-14)31(26,27)28)20(30-2)11-17(19)23-21-13-6-8-15(25)9-7-13/h3-12,25H,1-2H3,(H,26,27,28). The highest BCUT2D eigenvalue weighted by atomic mass is 32.2. The molecule has 0 saturated carbocycles. The molecule has 0 saturated heterocycles. The van der Waals surface area contributed by atoms with Crippen LogP contribution in [0.5, 0.6) is 17.2 Å². The first-order valence-corrected chi connectivity index (χ1v) is 10.2. The third-order valence-corrected chi connectivity index (χ3v) is 4.84. The number of phenolic OH excluding ortho intramolecular Hbond substituents is 1. The molecule has 0 radical (unpaired) electrons. The Morgan fingerprint density at radius 2 is 1.29 bits per heavy atom. The molecule has 0 amide bonds. The highest BCUT2D eigenvalue weighted by Crippen LogP contribution is 2.41. The molecule has 10 nitrogen and oxygen atoms in total. The minimum absolute atomic E-state index is 0.120. The van der Waals surface area contributed by atoms with E-state index in [0.717, 1.165) is 0 Å². The van der Waals surface area contributed by atoms with Crippen molar-refractivity contribution in [3.05, 3.63) is 60.7 Å². The van der Waals surface area contributed by atoms with E-state index >= 15 is 0 Å². The predicted molar refractivity (Wildman–Crippen MR) is 112 cm³/mol. The summed E-state index contributed by atoms with van der Waals surface area (Å²) in [5.41, 5.74) is 1.42. The third kappa shape index (κ3) is 5.62. The summed E-state index contributed by atoms with van der Waals surface area (Å²) in [6.07, 6.45) is 0. The highest BCUT2D eigenvalue weighted by Gasteiger charge is 2.12. The normalized spacial score (nSPS) is 11.8. The summed E-state index contributed by atoms with van der Waals surface area (Å²) in [5, 5.41) is 25.7. The van der Waals surface area contributed by atoms with Gasteiger partial charge in [0.25, 0.3) is 10.1 Å². The smallest absolute Gasteiger partial charge is 0.294 e. The molecule has 0 unspecified atom stereocenters. The number of ether oxygens (including phenoxy) is 2. The van der Waals surface area contributed by atoms with Gasteiger partial charge in [-0.2, -0.15) is 18.6 Å². The molecule has 3 aromatic carbocycles. The Morgan fingerprint density at radius 3 is 1.81 bits per heavy atom. The lowest BCUT2D eigenvalue weighted by molar-refractivity contribution is 0.405. The van der Waals surface area contributed by atoms with Crippen LogP contribution in [0.15, 0.2) is 86.0 Å². The van der Waals surface area contributed by atoms with E-state index in [1.54, 1.807) is 24.3 Å². The van der Waals surface area contributed by atoms with Crippen LogP contribution in [-0.4, -0.2) is 32.3 Å². The second-order valence-corrected chi connectivity index (χ2v) is 7.51. The number of methoxy groups -OCH3 is 2. The molecule has 0 aliphatic heterocycles. The molecule has 11 heteroatoms. The molecule has 3 rings (SSSR count). The van der Waals surface area contributed by atoms with E-state index in [1.165, 1.54) is 50.6 Å². The minimum Gasteiger partial charge on any atom is -0.508 e. The zero-order valence-corrected chi connectivity index (χ0v) is 17.3. The molecule has 0 bridgehead atoms. The fraction of sp³-hybridized carbons (Fsp3) is 0.100. The lowest BCUT2D eigenvalue weighted by Crippen LogP contribution is -1.96. The van der Waals surface area contributed by atoms with Crippen LogP contribution in [0, 0.1) is 0 Å². The van der Waals surface area contributed by atoms with Crippen LogP contribution in [0.2, 0.25) is 0 Å². The van der Waals surface area contributed by atoms with Crippen molar-refractivity contribution in [2.24, 2.45) is 20.5 Å². The molecule has 0 spiro atoms. The van der Waals surface area contributed by atoms with E-state index in [4.69, 9.17) is 14.0 Å². The van der Waals surface area contributed by atoms with Crippen LogP contribution < -0.4 is 9.47 Å². The monoisotopic (exact) mass is 442 g/mol. The van der Waals surface area contributed by atoms with Gasteiger partial charge < -0.3 is 14.6 Å². The Kier molecular flexibility index (Phi) is 6.58. The SMILES string of the molecule is COc1cc(N=Nc2cccc(S(=O)(=O)O)c2)c(OC)cc1N=Nc1ccc(O)cc1. The Bertz CT molecular complexity index is 1240. The van der Waals surface area contributed by atoms with Gasteiger partial charge in [0.05, 0.1) is 30.5 Å². The van der Waals surface area contributed by atoms with E-state index in [1.807, 2.05) is 0 Å². The highest BCUT2D eigenvalue weighted by molar-refractivity contribution is 7.85. The van der Waals surface area contributed by atoms with Gasteiger partial charge in [-0.05, 0) is 42.5 Å². The lowest BCUT2D eigenvalue weighted by atomic mass is 10.2. The van der Waals surface area contributed by atoms with E-state index < -0.39 is 10.1 Å². The van der Waals surface area contributed by atoms with Crippen molar-refractivity contribution in [1.29, 1.82) is 0 Å². The molecule has 160 valence electrons. The second-order valence-electron chi connectivity index (χ2n) is 6.08. The summed E-state index contributed by atoms with van der Waals surface area (Å²) >= 11 is 0. The summed E-state index contributed by atoms with van der Waals surface area (Å²) in [5.74, 6) is 0.800. The Balaban J connectivity index is 1.93. The van der Waals surface area contributed by atoms with Gasteiger partial charge in [-0.15, -0.1) is 10.2 Å². The van der Waals surface area contributed by atoms with Crippen molar-refractivity contribution in [2.45, 2.75) is 4.90 Å². The van der Waals surface area contributed by atoms with Gasteiger partial charge in [0, 0.05) is 12.1 Å². The number of hydrogen-bond donors (Lipinski definition) is 2. The predicted octanol–water partition coefficient (Wildman–Crippen LogP) is 5.49. The molecule has 0 atom stereocenters. The summed E-state index contributed by atoms with van der Waals surface area (Å²) in [7, 11) is -1.45. The van der Waals surface area contributed by atoms with Crippen molar-refractivity contribution in [2.75, 3.05) is 14.2 Å². The molecule has 0 aliphatic rings. The molecular weight excluding hydrogens is 424 g/mol. The van der Waals surface area contributed by atoms with Gasteiger partial charge in [-0.3, -0.25) is 4.55 Å². The van der Waals surface area contributed by atoms with Crippen LogP contribution in [0.1, 0.15) is 0 Å². The summed E-state index contributed by atoms with van der Waals surface area (Å²) in [4.78, 5) is -0.293. The Hall–Kier alpha value is -3.83. The average molecular weight is 442 g/mol. The molecule has 0 aromatic heterocycles. The first-order chi connectivity index (χ1) is 14.8. The molecule has 3 aromatic rings. The van der Waals surface area contributed by atoms with Crippen LogP contribution in [0.25, 0.3) is 0 Å². The molecular formula is C20H18N4O6S. The zero-order chi connectivity index (χ0) is 22.4. The van der Waals surface area contributed by atoms with Gasteiger partial charge >= 0.3 is 0 Å². The number of hydrogen-bond acceptors (Lipinski definition) is 9. The lowest BCUT2D eigenvalue weighted by Gasteiger charge is -2.09. The Morgan fingerprint density at radius 1 is 0.742 bits per heavy atom. The van der Waals surface area contributed by atoms with Crippen molar-refractivity contribution in [1.82, 2.24) is 0 Å². The van der Waals surface area contributed by atoms with Crippen LogP contribution in [-0.2, 0) is 10.1 Å². The summed E-state index contributed by atoms with van der Waals surface area (Å²) < 4.78 is 42.4. The van der Waals surface area contributed by atoms with Gasteiger partial charge in [-0.25, -0.2) is 0 Å². The van der Waals surface area contributed by atoms with Crippen molar-refractivity contribution in [3.8, 4) is 17.2 Å². The third-order valence-electron chi connectivity index (χ3n) is 3.99. The number of benzene rings is 3. The molecule has 2 N–H and O–H groups in total. The number of rotatable bonds is 7. The molecule has 0 heterocycles. The van der Waals surface area contributed by atoms with E-state index in [9.17, 15) is 13.5 Å². The van der Waals surface area contributed by atoms with Gasteiger partial charge in [0.1, 0.15) is 28.6 Å². The number of aromatic hydroxyl groups is 1. The van der Waals surface area contributed by atoms with Crippen molar-refractivity contribution < 1.29 is 27.6 Å². The quantitative estimate of drug-likeness (QED) is 0.366. The largest absolute Gasteiger partial charge is 0.508 e. The van der Waals surface area contributed by atoms with Gasteiger partial charge in [-0.1, -0.05) is 6.07 Å². The average Bonchev–Trinajstić information content (AvgIpc) is 2.76. The first kappa shape index (κ1) is 21.9. The first-order valence-electron chi connectivity index (χ1n) is 8.76. The number of nitrogens with zero attached hydrogens (tertiary/aromatic N) is 4. The zero-order valence-electron chi connectivity index (χ0n) is 16.5. The fourth-order valence-electron chi connectivity index (χ4n) is 2.47. The van der Waals surface area contributed by atoms with Gasteiger partial charge in [0.15, 0.2) is 0 Å². The Labute approximate surface area is 178 Å². The second kappa shape index (κ2) is 9.32.